The van der Waals surface area contributed by atoms with Gasteiger partial charge in [0.2, 0.25) is 0 Å². The fourth-order valence-corrected chi connectivity index (χ4v) is 10.6. The quantitative estimate of drug-likeness (QED) is 0.136. The van der Waals surface area contributed by atoms with E-state index in [4.69, 9.17) is 4.42 Å². The van der Waals surface area contributed by atoms with Gasteiger partial charge < -0.3 is 14.2 Å². The number of furan rings is 1. The summed E-state index contributed by atoms with van der Waals surface area (Å²) in [6.07, 6.45) is 0. The first-order valence-electron chi connectivity index (χ1n) is 25.0. The molecule has 0 bridgehead atoms. The van der Waals surface area contributed by atoms with Gasteiger partial charge in [-0.3, -0.25) is 0 Å². The summed E-state index contributed by atoms with van der Waals surface area (Å²) in [6.45, 7) is 4.33. The molecule has 0 spiro atoms. The average molecular weight is 935 g/mol. The number of hydrogen-bond acceptors (Lipinski definition) is 3. The zero-order valence-electron chi connectivity index (χ0n) is 40.7. The molecule has 1 aromatic heterocycles. The average Bonchev–Trinajstić information content (AvgIpc) is 3.79. The van der Waals surface area contributed by atoms with E-state index in [9.17, 15) is 0 Å². The molecule has 0 fully saturated rings. The lowest BCUT2D eigenvalue weighted by atomic mass is 9.98. The van der Waals surface area contributed by atoms with Crippen molar-refractivity contribution in [3.63, 3.8) is 0 Å². The maximum absolute atomic E-state index is 6.87. The van der Waals surface area contributed by atoms with Crippen molar-refractivity contribution in [1.29, 1.82) is 0 Å². The summed E-state index contributed by atoms with van der Waals surface area (Å²) < 4.78 is 6.87. The van der Waals surface area contributed by atoms with Crippen LogP contribution < -0.4 is 9.80 Å². The van der Waals surface area contributed by atoms with E-state index >= 15 is 0 Å². The van der Waals surface area contributed by atoms with Crippen LogP contribution in [0.15, 0.2) is 271 Å². The molecule has 0 N–H and O–H groups in total. The predicted molar refractivity (Wildman–Crippen MR) is 309 cm³/mol. The van der Waals surface area contributed by atoms with E-state index in [1.807, 2.05) is 0 Å². The summed E-state index contributed by atoms with van der Waals surface area (Å²) >= 11 is 0. The van der Waals surface area contributed by atoms with Crippen molar-refractivity contribution in [3.8, 4) is 44.5 Å². The highest BCUT2D eigenvalue weighted by Crippen LogP contribution is 2.46. The Morgan fingerprint density at radius 3 is 0.986 bits per heavy atom. The lowest BCUT2D eigenvalue weighted by molar-refractivity contribution is 0.670. The van der Waals surface area contributed by atoms with Crippen molar-refractivity contribution >= 4 is 77.6 Å². The van der Waals surface area contributed by atoms with Crippen LogP contribution in [-0.4, -0.2) is 0 Å². The molecule has 3 heteroatoms. The van der Waals surface area contributed by atoms with Gasteiger partial charge in [-0.15, -0.1) is 0 Å². The Hall–Kier alpha value is -9.44. The Morgan fingerprint density at radius 2 is 0.603 bits per heavy atom. The zero-order valence-corrected chi connectivity index (χ0v) is 40.7. The lowest BCUT2D eigenvalue weighted by Gasteiger charge is -2.28. The number of hydrogen-bond donors (Lipinski definition) is 0. The molecular weight excluding hydrogens is 885 g/mol. The first-order valence-corrected chi connectivity index (χ1v) is 25.0. The normalized spacial score (nSPS) is 11.4. The van der Waals surface area contributed by atoms with Gasteiger partial charge in [-0.1, -0.05) is 181 Å². The number of anilines is 6. The van der Waals surface area contributed by atoms with Gasteiger partial charge >= 0.3 is 0 Å². The molecular formula is C70H50N2O. The van der Waals surface area contributed by atoms with Crippen LogP contribution in [0.2, 0.25) is 0 Å². The van der Waals surface area contributed by atoms with Crippen molar-refractivity contribution in [3.05, 3.63) is 278 Å². The molecule has 0 saturated carbocycles. The molecule has 0 aliphatic rings. The van der Waals surface area contributed by atoms with Crippen LogP contribution in [0.5, 0.6) is 0 Å². The minimum atomic E-state index is 0.863. The monoisotopic (exact) mass is 934 g/mol. The summed E-state index contributed by atoms with van der Waals surface area (Å²) in [5, 5.41) is 6.73. The predicted octanol–water partition coefficient (Wildman–Crippen LogP) is 20.1. The zero-order chi connectivity index (χ0) is 48.8. The first-order chi connectivity index (χ1) is 36.0. The number of fused-ring (bicyclic) bond motifs is 5. The first kappa shape index (κ1) is 43.6. The Kier molecular flexibility index (Phi) is 11.0. The molecule has 0 radical (unpaired) electrons. The van der Waals surface area contributed by atoms with Crippen LogP contribution in [0.1, 0.15) is 11.1 Å². The van der Waals surface area contributed by atoms with Gasteiger partial charge in [0.05, 0.1) is 11.4 Å². The molecule has 0 atom stereocenters. The lowest BCUT2D eigenvalue weighted by Crippen LogP contribution is -2.11. The Balaban J connectivity index is 0.921. The van der Waals surface area contributed by atoms with Crippen LogP contribution in [0.3, 0.4) is 0 Å². The third-order valence-electron chi connectivity index (χ3n) is 14.3. The van der Waals surface area contributed by atoms with Crippen molar-refractivity contribution in [2.75, 3.05) is 9.80 Å². The van der Waals surface area contributed by atoms with Gasteiger partial charge in [0.25, 0.3) is 0 Å². The second kappa shape index (κ2) is 18.4. The molecule has 73 heavy (non-hydrogen) atoms. The van der Waals surface area contributed by atoms with E-state index in [0.29, 0.717) is 0 Å². The molecule has 0 saturated heterocycles. The third-order valence-corrected chi connectivity index (χ3v) is 14.3. The highest BCUT2D eigenvalue weighted by Gasteiger charge is 2.21. The van der Waals surface area contributed by atoms with E-state index in [2.05, 4.69) is 291 Å². The molecule has 346 valence electrons. The fraction of sp³-hybridized carbons (Fsp3) is 0.0286. The molecule has 0 aliphatic carbocycles. The number of nitrogens with zero attached hydrogens (tertiary/aromatic N) is 2. The molecule has 13 rings (SSSR count). The van der Waals surface area contributed by atoms with Crippen LogP contribution in [0.25, 0.3) is 88.0 Å². The van der Waals surface area contributed by atoms with E-state index < -0.39 is 0 Å². The number of rotatable bonds is 10. The molecule has 12 aromatic carbocycles. The Bertz CT molecular complexity index is 3860. The molecule has 0 unspecified atom stereocenters. The highest BCUT2D eigenvalue weighted by atomic mass is 16.3. The number of aryl methyl sites for hydroxylation is 2. The maximum atomic E-state index is 6.87. The van der Waals surface area contributed by atoms with Crippen molar-refractivity contribution in [2.24, 2.45) is 0 Å². The summed E-state index contributed by atoms with van der Waals surface area (Å²) in [5.41, 5.74) is 20.1. The molecule has 1 heterocycles. The number of benzene rings is 12. The second-order valence-corrected chi connectivity index (χ2v) is 19.1. The van der Waals surface area contributed by atoms with Crippen LogP contribution in [-0.2, 0) is 0 Å². The van der Waals surface area contributed by atoms with Crippen LogP contribution in [0, 0.1) is 13.8 Å². The van der Waals surface area contributed by atoms with Gasteiger partial charge in [0, 0.05) is 44.6 Å². The molecule has 13 aromatic rings. The SMILES string of the molecule is Cc1ccc(N(c2ccc(-c3ccccc3)cc2)c2ccc3cc4c(cc3c2)oc2cc3cc(N(c5ccc(-c6ccccc6)cc5)c5ccc(C)cc5-c5ccccc5)ccc3cc24)c(-c2ccccc2)c1. The van der Waals surface area contributed by atoms with Gasteiger partial charge in [0.15, 0.2) is 0 Å². The Morgan fingerprint density at radius 1 is 0.260 bits per heavy atom. The standard InChI is InChI=1S/C70H50N2O/c1-47-23-37-67(63(39-47)53-19-11-5-12-20-53)71(59-31-25-51(26-32-59)49-15-7-3-8-16-49)61-35-29-55-43-65-66-44-56-30-36-62(42-58(56)46-70(66)73-69(65)45-57(55)41-61)72(60-33-27-52(28-34-60)50-17-9-4-10-18-50)68-38-24-48(2)40-64(68)54-21-13-6-14-22-54/h3-46H,1-2H3. The third kappa shape index (κ3) is 8.27. The second-order valence-electron chi connectivity index (χ2n) is 19.1. The molecule has 0 amide bonds. The van der Waals surface area contributed by atoms with E-state index in [0.717, 1.165) is 77.6 Å². The summed E-state index contributed by atoms with van der Waals surface area (Å²) in [4.78, 5) is 4.78. The topological polar surface area (TPSA) is 19.6 Å². The van der Waals surface area contributed by atoms with Crippen molar-refractivity contribution in [1.82, 2.24) is 0 Å². The Labute approximate surface area is 426 Å². The fourth-order valence-electron chi connectivity index (χ4n) is 10.6. The van der Waals surface area contributed by atoms with Crippen LogP contribution in [0.4, 0.5) is 34.1 Å². The summed E-state index contributed by atoms with van der Waals surface area (Å²) in [6, 6.07) is 96.6. The molecule has 0 aliphatic heterocycles. The van der Waals surface area contributed by atoms with E-state index in [-0.39, 0.29) is 0 Å². The van der Waals surface area contributed by atoms with Gasteiger partial charge in [-0.05, 0) is 166 Å². The maximum Gasteiger partial charge on any atom is 0.136 e. The van der Waals surface area contributed by atoms with Crippen LogP contribution >= 0.6 is 0 Å². The van der Waals surface area contributed by atoms with Gasteiger partial charge in [-0.2, -0.15) is 0 Å². The highest BCUT2D eigenvalue weighted by molar-refractivity contribution is 6.14. The van der Waals surface area contributed by atoms with Crippen molar-refractivity contribution < 1.29 is 4.42 Å². The smallest absolute Gasteiger partial charge is 0.136 e. The minimum absolute atomic E-state index is 0.863. The van der Waals surface area contributed by atoms with Gasteiger partial charge in [-0.25, -0.2) is 0 Å². The summed E-state index contributed by atoms with van der Waals surface area (Å²) in [7, 11) is 0. The summed E-state index contributed by atoms with van der Waals surface area (Å²) in [5.74, 6) is 0. The van der Waals surface area contributed by atoms with Gasteiger partial charge in [0.1, 0.15) is 11.2 Å². The largest absolute Gasteiger partial charge is 0.456 e. The van der Waals surface area contributed by atoms with Crippen molar-refractivity contribution in [2.45, 2.75) is 13.8 Å². The van der Waals surface area contributed by atoms with E-state index in [1.165, 1.54) is 55.6 Å². The minimum Gasteiger partial charge on any atom is -0.456 e. The van der Waals surface area contributed by atoms with E-state index in [1.54, 1.807) is 0 Å². The molecule has 3 nitrogen and oxygen atoms in total.